The molecule has 2 unspecified atom stereocenters. The molecule has 72 valence electrons. The number of carbonyl (C=O) groups excluding carboxylic acids is 1. The lowest BCUT2D eigenvalue weighted by Gasteiger charge is -2.29. The largest absolute Gasteiger partial charge is 0.400 e. The van der Waals surface area contributed by atoms with Crippen LogP contribution in [0, 0.1) is 5.92 Å². The number of hydrogen-bond donors (Lipinski definition) is 2. The molecule has 0 radical (unpaired) electrons. The van der Waals surface area contributed by atoms with Crippen molar-refractivity contribution in [3.63, 3.8) is 0 Å². The summed E-state index contributed by atoms with van der Waals surface area (Å²) in [5, 5.41) is 0. The predicted octanol–water partition coefficient (Wildman–Crippen LogP) is 0.712. The smallest absolute Gasteiger partial charge is 0.161 e. The fourth-order valence-electron chi connectivity index (χ4n) is 1.59. The number of rotatable bonds is 1. The number of nitrogens with two attached hydrogens (primary N) is 2. The average molecular weight is 180 g/mol. The van der Waals surface area contributed by atoms with Crippen LogP contribution in [0.5, 0.6) is 0 Å². The second kappa shape index (κ2) is 3.34. The van der Waals surface area contributed by atoms with Gasteiger partial charge in [-0.2, -0.15) is 0 Å². The Hall–Kier alpha value is -1.09. The number of Topliss-reactive ketones (excluding diaryl/α,β-unsaturated/α-hetero) is 1. The van der Waals surface area contributed by atoms with Gasteiger partial charge in [-0.1, -0.05) is 12.2 Å². The summed E-state index contributed by atoms with van der Waals surface area (Å²) >= 11 is 0. The minimum Gasteiger partial charge on any atom is -0.400 e. The summed E-state index contributed by atoms with van der Waals surface area (Å²) in [6, 6.07) is -0.241. The van der Waals surface area contributed by atoms with E-state index in [2.05, 4.69) is 6.58 Å². The molecular weight excluding hydrogens is 164 g/mol. The number of carbonyl (C=O) groups is 1. The molecule has 0 aromatic carbocycles. The van der Waals surface area contributed by atoms with Crippen LogP contribution in [-0.4, -0.2) is 11.8 Å². The van der Waals surface area contributed by atoms with E-state index in [-0.39, 0.29) is 17.7 Å². The zero-order valence-corrected chi connectivity index (χ0v) is 8.13. The van der Waals surface area contributed by atoms with Crippen LogP contribution >= 0.6 is 0 Å². The maximum atomic E-state index is 11.4. The Labute approximate surface area is 78.5 Å². The molecule has 13 heavy (non-hydrogen) atoms. The van der Waals surface area contributed by atoms with Crippen LogP contribution in [0.4, 0.5) is 0 Å². The van der Waals surface area contributed by atoms with Gasteiger partial charge in [0.1, 0.15) is 0 Å². The van der Waals surface area contributed by atoms with Gasteiger partial charge < -0.3 is 11.5 Å². The van der Waals surface area contributed by atoms with E-state index in [0.29, 0.717) is 17.7 Å². The van der Waals surface area contributed by atoms with Crippen molar-refractivity contribution >= 4 is 5.78 Å². The molecule has 0 saturated carbocycles. The van der Waals surface area contributed by atoms with Crippen molar-refractivity contribution in [1.82, 2.24) is 0 Å². The Balaban J connectivity index is 3.02. The van der Waals surface area contributed by atoms with Crippen molar-refractivity contribution in [2.75, 3.05) is 0 Å². The van der Waals surface area contributed by atoms with E-state index in [1.165, 1.54) is 0 Å². The number of allylic oxidation sites excluding steroid dienone is 1. The van der Waals surface area contributed by atoms with E-state index in [1.807, 2.05) is 6.92 Å². The van der Waals surface area contributed by atoms with Crippen molar-refractivity contribution in [1.29, 1.82) is 0 Å². The number of ketones is 1. The molecule has 4 N–H and O–H groups in total. The van der Waals surface area contributed by atoms with E-state index in [9.17, 15) is 4.79 Å². The molecule has 0 fully saturated rings. The summed E-state index contributed by atoms with van der Waals surface area (Å²) in [4.78, 5) is 11.4. The molecule has 0 aromatic heterocycles. The molecule has 0 heterocycles. The van der Waals surface area contributed by atoms with Crippen LogP contribution in [0.2, 0.25) is 0 Å². The molecule has 0 aliphatic heterocycles. The molecule has 1 aliphatic rings. The highest BCUT2D eigenvalue weighted by molar-refractivity contribution is 5.97. The van der Waals surface area contributed by atoms with Gasteiger partial charge in [0.2, 0.25) is 0 Å². The second-order valence-corrected chi connectivity index (χ2v) is 3.69. The first-order valence-corrected chi connectivity index (χ1v) is 4.35. The standard InChI is InChI=1S/C10H16N2O/c1-5(2)7-4-8(13)6(3)9(11)10(7)12/h7,10H,1,4,11-12H2,2-3H3. The van der Waals surface area contributed by atoms with Crippen LogP contribution < -0.4 is 11.5 Å². The fourth-order valence-corrected chi connectivity index (χ4v) is 1.59. The number of hydrogen-bond acceptors (Lipinski definition) is 3. The Morgan fingerprint density at radius 1 is 1.62 bits per heavy atom. The van der Waals surface area contributed by atoms with Crippen LogP contribution in [0.3, 0.4) is 0 Å². The monoisotopic (exact) mass is 180 g/mol. The van der Waals surface area contributed by atoms with Gasteiger partial charge in [0, 0.05) is 23.6 Å². The summed E-state index contributed by atoms with van der Waals surface area (Å²) < 4.78 is 0. The molecule has 1 aliphatic carbocycles. The molecule has 0 aromatic rings. The molecule has 3 heteroatoms. The average Bonchev–Trinajstić information content (AvgIpc) is 2.07. The van der Waals surface area contributed by atoms with E-state index in [1.54, 1.807) is 6.92 Å². The summed E-state index contributed by atoms with van der Waals surface area (Å²) in [6.07, 6.45) is 0.447. The summed E-state index contributed by atoms with van der Waals surface area (Å²) in [7, 11) is 0. The third-order valence-electron chi connectivity index (χ3n) is 2.68. The van der Waals surface area contributed by atoms with Crippen LogP contribution in [0.1, 0.15) is 20.3 Å². The lowest BCUT2D eigenvalue weighted by molar-refractivity contribution is -0.116. The van der Waals surface area contributed by atoms with Gasteiger partial charge in [0.15, 0.2) is 5.78 Å². The quantitative estimate of drug-likeness (QED) is 0.584. The Kier molecular flexibility index (Phi) is 2.57. The van der Waals surface area contributed by atoms with Gasteiger partial charge in [0.25, 0.3) is 0 Å². The highest BCUT2D eigenvalue weighted by atomic mass is 16.1. The third kappa shape index (κ3) is 1.65. The lowest BCUT2D eigenvalue weighted by atomic mass is 9.80. The van der Waals surface area contributed by atoms with Crippen molar-refractivity contribution in [3.8, 4) is 0 Å². The molecule has 0 bridgehead atoms. The topological polar surface area (TPSA) is 69.1 Å². The summed E-state index contributed by atoms with van der Waals surface area (Å²) in [5.74, 6) is 0.100. The Morgan fingerprint density at radius 3 is 2.62 bits per heavy atom. The first-order valence-electron chi connectivity index (χ1n) is 4.35. The van der Waals surface area contributed by atoms with E-state index in [4.69, 9.17) is 11.5 Å². The Morgan fingerprint density at radius 2 is 2.15 bits per heavy atom. The SMILES string of the molecule is C=C(C)C1CC(=O)C(C)=C(N)C1N. The molecule has 3 nitrogen and oxygen atoms in total. The van der Waals surface area contributed by atoms with Gasteiger partial charge >= 0.3 is 0 Å². The summed E-state index contributed by atoms with van der Waals surface area (Å²) in [6.45, 7) is 7.42. The van der Waals surface area contributed by atoms with Gasteiger partial charge in [-0.25, -0.2) is 0 Å². The minimum atomic E-state index is -0.241. The first kappa shape index (κ1) is 9.99. The maximum absolute atomic E-state index is 11.4. The highest BCUT2D eigenvalue weighted by Crippen LogP contribution is 2.27. The van der Waals surface area contributed by atoms with E-state index < -0.39 is 0 Å². The molecule has 0 spiro atoms. The first-order chi connectivity index (χ1) is 5.95. The highest BCUT2D eigenvalue weighted by Gasteiger charge is 2.30. The van der Waals surface area contributed by atoms with Gasteiger partial charge in [-0.05, 0) is 13.8 Å². The van der Waals surface area contributed by atoms with Gasteiger partial charge in [0.05, 0.1) is 6.04 Å². The second-order valence-electron chi connectivity index (χ2n) is 3.69. The fraction of sp³-hybridized carbons (Fsp3) is 0.500. The van der Waals surface area contributed by atoms with Crippen molar-refractivity contribution in [3.05, 3.63) is 23.4 Å². The predicted molar refractivity (Wildman–Crippen MR) is 52.8 cm³/mol. The van der Waals surface area contributed by atoms with Crippen LogP contribution in [0.25, 0.3) is 0 Å². The van der Waals surface area contributed by atoms with Gasteiger partial charge in [-0.15, -0.1) is 0 Å². The normalized spacial score (nSPS) is 29.3. The zero-order chi connectivity index (χ0) is 10.2. The molecular formula is C10H16N2O. The van der Waals surface area contributed by atoms with E-state index in [0.717, 1.165) is 5.57 Å². The van der Waals surface area contributed by atoms with Gasteiger partial charge in [-0.3, -0.25) is 4.79 Å². The molecule has 0 amide bonds. The molecule has 2 atom stereocenters. The summed E-state index contributed by atoms with van der Waals surface area (Å²) in [5.41, 5.74) is 13.7. The minimum absolute atomic E-state index is 0.0104. The van der Waals surface area contributed by atoms with Crippen molar-refractivity contribution in [2.24, 2.45) is 17.4 Å². The van der Waals surface area contributed by atoms with E-state index >= 15 is 0 Å². The maximum Gasteiger partial charge on any atom is 0.161 e. The lowest BCUT2D eigenvalue weighted by Crippen LogP contribution is -2.42. The Bertz CT molecular complexity index is 291. The zero-order valence-electron chi connectivity index (χ0n) is 8.13. The molecule has 1 rings (SSSR count). The van der Waals surface area contributed by atoms with Crippen molar-refractivity contribution < 1.29 is 4.79 Å². The molecule has 0 saturated heterocycles. The third-order valence-corrected chi connectivity index (χ3v) is 2.68. The van der Waals surface area contributed by atoms with Crippen LogP contribution in [0.15, 0.2) is 23.4 Å². The van der Waals surface area contributed by atoms with Crippen molar-refractivity contribution in [2.45, 2.75) is 26.3 Å². The van der Waals surface area contributed by atoms with Crippen LogP contribution in [-0.2, 0) is 4.79 Å².